The molecule has 0 spiro atoms. The average Bonchev–Trinajstić information content (AvgIpc) is 2.23. The molecule has 0 heterocycles. The SMILES string of the molecule is [2H]OC(=O)C([2H])([2H])C([2H])C([2H])N([2H])C(C)(C)C. The Balaban J connectivity index is 4.93. The zero-order chi connectivity index (χ0) is 14.0. The Bertz CT molecular complexity index is 280. The molecule has 0 saturated heterocycles. The second-order valence-electron chi connectivity index (χ2n) is 3.05. The number of carboxylic acids is 1. The molecule has 2 N–H and O–H groups in total. The summed E-state index contributed by atoms with van der Waals surface area (Å²) in [5, 5.41) is 4.24. The van der Waals surface area contributed by atoms with E-state index in [4.69, 9.17) is 8.33 Å². The molecule has 0 aromatic heterocycles. The first-order valence-corrected chi connectivity index (χ1v) is 3.26. The highest BCUT2D eigenvalue weighted by atomic mass is 16.4. The van der Waals surface area contributed by atoms with Gasteiger partial charge in [-0.05, 0) is 33.7 Å². The van der Waals surface area contributed by atoms with Gasteiger partial charge in [-0.1, -0.05) is 0 Å². The highest BCUT2D eigenvalue weighted by Gasteiger charge is 2.07. The Labute approximate surface area is 76.4 Å². The van der Waals surface area contributed by atoms with E-state index in [0.717, 1.165) is 5.31 Å². The first kappa shape index (κ1) is 3.90. The summed E-state index contributed by atoms with van der Waals surface area (Å²) >= 11 is 0. The molecule has 0 aromatic rings. The van der Waals surface area contributed by atoms with E-state index in [9.17, 15) is 4.79 Å². The molecule has 2 unspecified atom stereocenters. The van der Waals surface area contributed by atoms with Crippen molar-refractivity contribution < 1.29 is 16.8 Å². The average molecular weight is 165 g/mol. The molecule has 0 aliphatic heterocycles. The zero-order valence-electron chi connectivity index (χ0n) is 12.9. The van der Waals surface area contributed by atoms with Crippen LogP contribution >= 0.6 is 0 Å². The predicted octanol–water partition coefficient (Wildman–Crippen LogP) is 1.24. The number of hydrogen-bond acceptors (Lipinski definition) is 3. The summed E-state index contributed by atoms with van der Waals surface area (Å²) < 4.78 is 43.7. The van der Waals surface area contributed by atoms with E-state index >= 15 is 0 Å². The van der Waals surface area contributed by atoms with Gasteiger partial charge in [0.2, 0.25) is 0 Å². The summed E-state index contributed by atoms with van der Waals surface area (Å²) in [6.07, 6.45) is -4.63. The molecular weight excluding hydrogens is 142 g/mol. The number of rotatable bonds is 4. The van der Waals surface area contributed by atoms with Crippen molar-refractivity contribution in [2.24, 2.45) is 0 Å². The Hall–Kier alpha value is -0.570. The lowest BCUT2D eigenvalue weighted by Gasteiger charge is -2.19. The Morgan fingerprint density at radius 1 is 1.82 bits per heavy atom. The zero-order valence-corrected chi connectivity index (χ0v) is 6.92. The van der Waals surface area contributed by atoms with Crippen molar-refractivity contribution in [1.82, 2.24) is 5.31 Å². The summed E-state index contributed by atoms with van der Waals surface area (Å²) in [7, 11) is 0. The summed E-state index contributed by atoms with van der Waals surface area (Å²) in [6, 6.07) is 0. The molecule has 0 bridgehead atoms. The highest BCUT2D eigenvalue weighted by molar-refractivity contribution is 5.66. The Morgan fingerprint density at radius 3 is 2.91 bits per heavy atom. The quantitative estimate of drug-likeness (QED) is 0.659. The normalized spacial score (nSPS) is 26.5. The molecule has 0 radical (unpaired) electrons. The molecule has 0 rings (SSSR count). The molecule has 0 saturated carbocycles. The van der Waals surface area contributed by atoms with Crippen LogP contribution in [0.1, 0.15) is 39.0 Å². The van der Waals surface area contributed by atoms with E-state index in [1.165, 1.54) is 0 Å². The van der Waals surface area contributed by atoms with Gasteiger partial charge in [0.15, 0.2) is 0 Å². The predicted molar refractivity (Wildman–Crippen MR) is 44.6 cm³/mol. The van der Waals surface area contributed by atoms with E-state index < -0.39 is 30.8 Å². The maximum Gasteiger partial charge on any atom is 0.303 e. The fourth-order valence-electron chi connectivity index (χ4n) is 0.366. The van der Waals surface area contributed by atoms with Crippen LogP contribution in [0.5, 0.6) is 0 Å². The summed E-state index contributed by atoms with van der Waals surface area (Å²) in [4.78, 5) is 11.0. The van der Waals surface area contributed by atoms with E-state index in [1.807, 2.05) is 0 Å². The van der Waals surface area contributed by atoms with E-state index in [2.05, 4.69) is 5.11 Å². The molecule has 3 nitrogen and oxygen atoms in total. The van der Waals surface area contributed by atoms with Gasteiger partial charge in [-0.2, -0.15) is 0 Å². The fraction of sp³-hybridized carbons (Fsp3) is 0.875. The van der Waals surface area contributed by atoms with Gasteiger partial charge in [0.05, 0.1) is 0 Å². The van der Waals surface area contributed by atoms with Gasteiger partial charge in [-0.25, -0.2) is 0 Å². The molecule has 0 fully saturated rings. The van der Waals surface area contributed by atoms with Crippen molar-refractivity contribution in [2.75, 3.05) is 6.52 Å². The Morgan fingerprint density at radius 2 is 2.45 bits per heavy atom. The van der Waals surface area contributed by atoms with Crippen LogP contribution in [0.15, 0.2) is 0 Å². The molecule has 11 heavy (non-hydrogen) atoms. The van der Waals surface area contributed by atoms with Gasteiger partial charge in [-0.3, -0.25) is 4.79 Å². The number of hydrogen-bond donors (Lipinski definition) is 2. The second-order valence-corrected chi connectivity index (χ2v) is 3.05. The van der Waals surface area contributed by atoms with Gasteiger partial charge in [-0.15, -0.1) is 0 Å². The van der Waals surface area contributed by atoms with Crippen LogP contribution in [0.3, 0.4) is 0 Å². The molecule has 0 aromatic carbocycles. The summed E-state index contributed by atoms with van der Waals surface area (Å²) in [5.74, 6) is -1.53. The molecule has 2 atom stereocenters. The number of nitrogens with one attached hydrogen (secondary N) is 1. The lowest BCUT2D eigenvalue weighted by Crippen LogP contribution is -2.36. The van der Waals surface area contributed by atoms with Gasteiger partial charge < -0.3 is 10.4 Å². The minimum absolute atomic E-state index is 0.736. The van der Waals surface area contributed by atoms with Crippen molar-refractivity contribution in [3.63, 3.8) is 0 Å². The number of aliphatic carboxylic acids is 1. The first-order chi connectivity index (χ1) is 7.46. The standard InChI is InChI=1S/C8H17NO2/c1-8(2,3)9-6-4-5-7(10)11/h9H,4-6H2,1-3H3,(H,10,11)/i4D,5D2,6D/hD2. The second kappa shape index (κ2) is 4.34. The maximum absolute atomic E-state index is 11.0. The monoisotopic (exact) mass is 165 g/mol. The van der Waals surface area contributed by atoms with E-state index in [-0.39, 0.29) is 0 Å². The molecule has 0 aliphatic rings. The van der Waals surface area contributed by atoms with Crippen LogP contribution < -0.4 is 5.31 Å². The van der Waals surface area contributed by atoms with Gasteiger partial charge in [0, 0.05) is 17.4 Å². The van der Waals surface area contributed by atoms with Crippen LogP contribution in [0.4, 0.5) is 0 Å². The molecular formula is C8H17NO2. The van der Waals surface area contributed by atoms with Crippen LogP contribution in [0, 0.1) is 0 Å². The number of carboxylic acid groups (broad SMARTS) is 1. The van der Waals surface area contributed by atoms with Gasteiger partial charge in [0.25, 0.3) is 1.43 Å². The largest absolute Gasteiger partial charge is 0.481 e. The van der Waals surface area contributed by atoms with Crippen LogP contribution in [-0.4, -0.2) is 23.1 Å². The minimum atomic E-state index is -2.79. The summed E-state index contributed by atoms with van der Waals surface area (Å²) in [5.41, 5.74) is -0.757. The maximum atomic E-state index is 11.0. The molecule has 3 heteroatoms. The molecule has 0 aliphatic carbocycles. The van der Waals surface area contributed by atoms with Crippen molar-refractivity contribution in [2.45, 2.75) is 39.1 Å². The van der Waals surface area contributed by atoms with Crippen LogP contribution in [0.2, 0.25) is 1.41 Å². The van der Waals surface area contributed by atoms with E-state index in [0.29, 0.717) is 0 Å². The highest BCUT2D eigenvalue weighted by Crippen LogP contribution is 1.98. The van der Waals surface area contributed by atoms with Crippen LogP contribution in [-0.2, 0) is 4.79 Å². The molecule has 66 valence electrons. The fourth-order valence-corrected chi connectivity index (χ4v) is 0.366. The van der Waals surface area contributed by atoms with E-state index in [1.54, 1.807) is 20.8 Å². The topological polar surface area (TPSA) is 49.3 Å². The third kappa shape index (κ3) is 9.43. The van der Waals surface area contributed by atoms with Crippen molar-refractivity contribution in [1.29, 1.82) is 1.43 Å². The van der Waals surface area contributed by atoms with Crippen molar-refractivity contribution in [3.05, 3.63) is 0 Å². The van der Waals surface area contributed by atoms with Gasteiger partial charge >= 0.3 is 5.97 Å². The lowest BCUT2D eigenvalue weighted by molar-refractivity contribution is -0.137. The summed E-state index contributed by atoms with van der Waals surface area (Å²) in [6.45, 7) is 3.33. The third-order valence-electron chi connectivity index (χ3n) is 0.738. The lowest BCUT2D eigenvalue weighted by atomic mass is 10.1. The number of carbonyl (C=O) groups is 1. The van der Waals surface area contributed by atoms with Crippen molar-refractivity contribution >= 4 is 5.97 Å². The molecule has 0 amide bonds. The third-order valence-corrected chi connectivity index (χ3v) is 0.738. The smallest absolute Gasteiger partial charge is 0.303 e. The minimum Gasteiger partial charge on any atom is -0.481 e. The first-order valence-electron chi connectivity index (χ1n) is 6.27. The van der Waals surface area contributed by atoms with Crippen molar-refractivity contribution in [3.8, 4) is 0 Å². The van der Waals surface area contributed by atoms with Gasteiger partial charge in [0.1, 0.15) is 1.41 Å². The Kier molecular flexibility index (Phi) is 1.54. The van der Waals surface area contributed by atoms with Crippen LogP contribution in [0.25, 0.3) is 1.43 Å².